The van der Waals surface area contributed by atoms with E-state index in [4.69, 9.17) is 0 Å². The molecule has 0 radical (unpaired) electrons. The highest BCUT2D eigenvalue weighted by Gasteiger charge is 2.05. The molecule has 2 aromatic rings. The number of hydrogen-bond acceptors (Lipinski definition) is 3. The smallest absolute Gasteiger partial charge is 0.269 e. The summed E-state index contributed by atoms with van der Waals surface area (Å²) in [5.74, 6) is -1.17. The standard InChI is InChI=1S/C15H14F2N2O2/c16-13-4-3-12(15(17)9-13)10-18-8-7-11-1-5-14(6-2-11)19(20)21/h1-6,9,18H,7-8,10H2. The van der Waals surface area contributed by atoms with E-state index in [1.807, 2.05) is 0 Å². The molecule has 21 heavy (non-hydrogen) atoms. The van der Waals surface area contributed by atoms with Crippen LogP contribution in [0.3, 0.4) is 0 Å². The van der Waals surface area contributed by atoms with Gasteiger partial charge < -0.3 is 5.32 Å². The average molecular weight is 292 g/mol. The van der Waals surface area contributed by atoms with Crippen molar-refractivity contribution in [3.8, 4) is 0 Å². The highest BCUT2D eigenvalue weighted by molar-refractivity contribution is 5.32. The van der Waals surface area contributed by atoms with Crippen molar-refractivity contribution in [3.05, 3.63) is 75.3 Å². The van der Waals surface area contributed by atoms with E-state index in [2.05, 4.69) is 5.32 Å². The van der Waals surface area contributed by atoms with Crippen LogP contribution in [0.1, 0.15) is 11.1 Å². The molecule has 6 heteroatoms. The molecule has 0 aliphatic carbocycles. The largest absolute Gasteiger partial charge is 0.312 e. The SMILES string of the molecule is O=[N+]([O-])c1ccc(CCNCc2ccc(F)cc2F)cc1. The molecule has 0 aliphatic heterocycles. The first kappa shape index (κ1) is 15.1. The molecule has 2 rings (SSSR count). The van der Waals surface area contributed by atoms with Gasteiger partial charge in [0.05, 0.1) is 4.92 Å². The Balaban J connectivity index is 1.80. The van der Waals surface area contributed by atoms with Crippen molar-refractivity contribution in [1.29, 1.82) is 0 Å². The number of non-ortho nitro benzene ring substituents is 1. The van der Waals surface area contributed by atoms with Crippen LogP contribution >= 0.6 is 0 Å². The van der Waals surface area contributed by atoms with Gasteiger partial charge in [-0.1, -0.05) is 18.2 Å². The molecule has 0 unspecified atom stereocenters. The minimum Gasteiger partial charge on any atom is -0.312 e. The van der Waals surface area contributed by atoms with Gasteiger partial charge in [0.25, 0.3) is 5.69 Å². The van der Waals surface area contributed by atoms with Gasteiger partial charge in [-0.25, -0.2) is 8.78 Å². The van der Waals surface area contributed by atoms with Gasteiger partial charge >= 0.3 is 0 Å². The van der Waals surface area contributed by atoms with Crippen LogP contribution in [0.25, 0.3) is 0 Å². The van der Waals surface area contributed by atoms with Crippen LogP contribution in [0.15, 0.2) is 42.5 Å². The second kappa shape index (κ2) is 6.90. The quantitative estimate of drug-likeness (QED) is 0.505. The maximum absolute atomic E-state index is 13.4. The zero-order chi connectivity index (χ0) is 15.2. The molecule has 0 amide bonds. The first-order valence-corrected chi connectivity index (χ1v) is 6.44. The molecule has 0 aliphatic rings. The van der Waals surface area contributed by atoms with Crippen LogP contribution in [0.4, 0.5) is 14.5 Å². The number of hydrogen-bond donors (Lipinski definition) is 1. The molecule has 0 spiro atoms. The topological polar surface area (TPSA) is 55.2 Å². The van der Waals surface area contributed by atoms with Crippen LogP contribution in [-0.2, 0) is 13.0 Å². The third-order valence-corrected chi connectivity index (χ3v) is 3.07. The highest BCUT2D eigenvalue weighted by Crippen LogP contribution is 2.12. The number of halogens is 2. The van der Waals surface area contributed by atoms with Crippen LogP contribution in [0.2, 0.25) is 0 Å². The molecule has 0 fully saturated rings. The van der Waals surface area contributed by atoms with E-state index < -0.39 is 16.6 Å². The summed E-state index contributed by atoms with van der Waals surface area (Å²) in [4.78, 5) is 10.1. The van der Waals surface area contributed by atoms with Crippen molar-refractivity contribution >= 4 is 5.69 Å². The number of nitrogens with zero attached hydrogens (tertiary/aromatic N) is 1. The van der Waals surface area contributed by atoms with E-state index in [1.54, 1.807) is 12.1 Å². The Kier molecular flexibility index (Phi) is 4.94. The number of nitrogens with one attached hydrogen (secondary N) is 1. The maximum atomic E-state index is 13.4. The predicted molar refractivity (Wildman–Crippen MR) is 74.9 cm³/mol. The van der Waals surface area contributed by atoms with E-state index in [9.17, 15) is 18.9 Å². The summed E-state index contributed by atoms with van der Waals surface area (Å²) >= 11 is 0. The van der Waals surface area contributed by atoms with E-state index >= 15 is 0 Å². The Labute approximate surface area is 120 Å². The molecule has 2 aromatic carbocycles. The molecule has 0 heterocycles. The summed E-state index contributed by atoms with van der Waals surface area (Å²) < 4.78 is 26.1. The first-order chi connectivity index (χ1) is 10.1. The van der Waals surface area contributed by atoms with Crippen LogP contribution < -0.4 is 5.32 Å². The fourth-order valence-electron chi connectivity index (χ4n) is 1.91. The zero-order valence-electron chi connectivity index (χ0n) is 11.2. The molecular formula is C15H14F2N2O2. The Morgan fingerprint density at radius 3 is 2.43 bits per heavy atom. The zero-order valence-corrected chi connectivity index (χ0v) is 11.2. The monoisotopic (exact) mass is 292 g/mol. The third kappa shape index (κ3) is 4.32. The van der Waals surface area contributed by atoms with Crippen molar-refractivity contribution in [2.24, 2.45) is 0 Å². The van der Waals surface area contributed by atoms with E-state index in [0.29, 0.717) is 25.1 Å². The van der Waals surface area contributed by atoms with Gasteiger partial charge in [0.1, 0.15) is 11.6 Å². The number of nitro groups is 1. The molecular weight excluding hydrogens is 278 g/mol. The summed E-state index contributed by atoms with van der Waals surface area (Å²) in [6, 6.07) is 9.77. The van der Waals surface area contributed by atoms with E-state index in [0.717, 1.165) is 11.6 Å². The molecule has 0 atom stereocenters. The van der Waals surface area contributed by atoms with Gasteiger partial charge in [-0.15, -0.1) is 0 Å². The fourth-order valence-corrected chi connectivity index (χ4v) is 1.91. The van der Waals surface area contributed by atoms with Crippen LogP contribution in [-0.4, -0.2) is 11.5 Å². The molecule has 4 nitrogen and oxygen atoms in total. The minimum absolute atomic E-state index is 0.0556. The lowest BCUT2D eigenvalue weighted by Crippen LogP contribution is -2.17. The minimum atomic E-state index is -0.595. The first-order valence-electron chi connectivity index (χ1n) is 6.44. The van der Waals surface area contributed by atoms with Crippen molar-refractivity contribution in [2.45, 2.75) is 13.0 Å². The van der Waals surface area contributed by atoms with Crippen molar-refractivity contribution in [2.75, 3.05) is 6.54 Å². The number of rotatable bonds is 6. The molecule has 0 saturated carbocycles. The Morgan fingerprint density at radius 1 is 1.10 bits per heavy atom. The van der Waals surface area contributed by atoms with Crippen LogP contribution in [0, 0.1) is 21.7 Å². The van der Waals surface area contributed by atoms with Crippen LogP contribution in [0.5, 0.6) is 0 Å². The Hall–Kier alpha value is -2.34. The summed E-state index contributed by atoms with van der Waals surface area (Å²) in [5.41, 5.74) is 1.41. The fraction of sp³-hybridized carbons (Fsp3) is 0.200. The third-order valence-electron chi connectivity index (χ3n) is 3.07. The number of nitro benzene ring substituents is 1. The van der Waals surface area contributed by atoms with Gasteiger partial charge in [0, 0.05) is 30.3 Å². The van der Waals surface area contributed by atoms with Crippen molar-refractivity contribution in [1.82, 2.24) is 5.32 Å². The normalized spacial score (nSPS) is 10.6. The summed E-state index contributed by atoms with van der Waals surface area (Å²) in [6.07, 6.45) is 0.667. The van der Waals surface area contributed by atoms with E-state index in [-0.39, 0.29) is 5.69 Å². The summed E-state index contributed by atoms with van der Waals surface area (Å²) in [7, 11) is 0. The number of benzene rings is 2. The van der Waals surface area contributed by atoms with Gasteiger partial charge in [0.2, 0.25) is 0 Å². The Morgan fingerprint density at radius 2 is 1.81 bits per heavy atom. The van der Waals surface area contributed by atoms with Gasteiger partial charge in [0.15, 0.2) is 0 Å². The second-order valence-corrected chi connectivity index (χ2v) is 4.59. The molecule has 0 saturated heterocycles. The van der Waals surface area contributed by atoms with Crippen molar-refractivity contribution < 1.29 is 13.7 Å². The van der Waals surface area contributed by atoms with E-state index in [1.165, 1.54) is 24.3 Å². The molecule has 110 valence electrons. The Bertz CT molecular complexity index is 630. The second-order valence-electron chi connectivity index (χ2n) is 4.59. The van der Waals surface area contributed by atoms with Gasteiger partial charge in [-0.2, -0.15) is 0 Å². The summed E-state index contributed by atoms with van der Waals surface area (Å²) in [5, 5.41) is 13.6. The lowest BCUT2D eigenvalue weighted by molar-refractivity contribution is -0.384. The van der Waals surface area contributed by atoms with Gasteiger partial charge in [-0.05, 0) is 24.6 Å². The molecule has 0 aromatic heterocycles. The highest BCUT2D eigenvalue weighted by atomic mass is 19.1. The molecule has 1 N–H and O–H groups in total. The summed E-state index contributed by atoms with van der Waals surface area (Å²) in [6.45, 7) is 0.897. The lowest BCUT2D eigenvalue weighted by atomic mass is 10.1. The average Bonchev–Trinajstić information content (AvgIpc) is 2.46. The molecule has 0 bridgehead atoms. The maximum Gasteiger partial charge on any atom is 0.269 e. The predicted octanol–water partition coefficient (Wildman–Crippen LogP) is 3.21. The van der Waals surface area contributed by atoms with Crippen molar-refractivity contribution in [3.63, 3.8) is 0 Å². The van der Waals surface area contributed by atoms with Gasteiger partial charge in [-0.3, -0.25) is 10.1 Å². The lowest BCUT2D eigenvalue weighted by Gasteiger charge is -2.06.